The van der Waals surface area contributed by atoms with Crippen molar-refractivity contribution in [1.29, 1.82) is 0 Å². The summed E-state index contributed by atoms with van der Waals surface area (Å²) in [5, 5.41) is 14.0. The third kappa shape index (κ3) is 3.15. The molecule has 2 N–H and O–H groups in total. The molecule has 1 aliphatic carbocycles. The molecule has 1 aliphatic heterocycles. The molecule has 2 fully saturated rings. The summed E-state index contributed by atoms with van der Waals surface area (Å²) in [6.07, 6.45) is 4.53. The summed E-state index contributed by atoms with van der Waals surface area (Å²) in [4.78, 5) is 58.6. The number of carbonyl (C=O) groups is 3. The zero-order valence-electron chi connectivity index (χ0n) is 13.8. The minimum Gasteiger partial charge on any atom is -0.322 e. The van der Waals surface area contributed by atoms with Crippen LogP contribution in [0.4, 0.5) is 10.5 Å². The van der Waals surface area contributed by atoms with Crippen molar-refractivity contribution in [2.24, 2.45) is 0 Å². The second-order valence-electron chi connectivity index (χ2n) is 6.36. The highest BCUT2D eigenvalue weighted by Crippen LogP contribution is 2.32. The Morgan fingerprint density at radius 2 is 1.92 bits per heavy atom. The molecule has 2 aliphatic rings. The zero-order chi connectivity index (χ0) is 18.9. The van der Waals surface area contributed by atoms with Gasteiger partial charge in [0.2, 0.25) is 0 Å². The highest BCUT2D eigenvalue weighted by molar-refractivity contribution is 6.07. The van der Waals surface area contributed by atoms with Crippen LogP contribution in [0.5, 0.6) is 0 Å². The molecule has 138 valence electrons. The van der Waals surface area contributed by atoms with Gasteiger partial charge in [0.1, 0.15) is 12.1 Å². The van der Waals surface area contributed by atoms with Crippen molar-refractivity contribution in [1.82, 2.24) is 20.3 Å². The fraction of sp³-hybridized carbons (Fsp3) is 0.467. The van der Waals surface area contributed by atoms with E-state index in [2.05, 4.69) is 10.7 Å². The number of aromatic nitrogens is 1. The smallest absolute Gasteiger partial charge is 0.322 e. The molecule has 26 heavy (non-hydrogen) atoms. The molecule has 0 bridgehead atoms. The van der Waals surface area contributed by atoms with Crippen molar-refractivity contribution >= 4 is 23.5 Å². The van der Waals surface area contributed by atoms with Crippen LogP contribution < -0.4 is 16.3 Å². The minimum atomic E-state index is -0.981. The average molecular weight is 363 g/mol. The first-order valence-electron chi connectivity index (χ1n) is 8.13. The molecular formula is C15H17N5O6. The maximum absolute atomic E-state index is 12.6. The summed E-state index contributed by atoms with van der Waals surface area (Å²) in [6, 6.07) is 1.27. The van der Waals surface area contributed by atoms with Crippen LogP contribution in [0.2, 0.25) is 0 Å². The minimum absolute atomic E-state index is 0.353. The average Bonchev–Trinajstić information content (AvgIpc) is 2.81. The summed E-state index contributed by atoms with van der Waals surface area (Å²) in [7, 11) is 0. The summed E-state index contributed by atoms with van der Waals surface area (Å²) in [6.45, 7) is -0.565. The molecule has 11 nitrogen and oxygen atoms in total. The number of nitro groups is 1. The van der Waals surface area contributed by atoms with E-state index in [-0.39, 0.29) is 5.69 Å². The Morgan fingerprint density at radius 3 is 2.58 bits per heavy atom. The van der Waals surface area contributed by atoms with Crippen molar-refractivity contribution in [2.45, 2.75) is 44.2 Å². The van der Waals surface area contributed by atoms with Crippen LogP contribution in [0, 0.1) is 10.1 Å². The molecule has 4 amide bonds. The van der Waals surface area contributed by atoms with Gasteiger partial charge in [0.15, 0.2) is 0 Å². The Kier molecular flexibility index (Phi) is 4.45. The number of hydrazine groups is 1. The summed E-state index contributed by atoms with van der Waals surface area (Å²) >= 11 is 0. The first kappa shape index (κ1) is 17.6. The normalized spacial score (nSPS) is 18.7. The molecule has 1 aromatic heterocycles. The zero-order valence-corrected chi connectivity index (χ0v) is 13.8. The van der Waals surface area contributed by atoms with Crippen LogP contribution >= 0.6 is 0 Å². The Hall–Kier alpha value is -3.24. The quantitative estimate of drug-likeness (QED) is 0.439. The maximum Gasteiger partial charge on any atom is 0.344 e. The van der Waals surface area contributed by atoms with Gasteiger partial charge < -0.3 is 5.32 Å². The number of nitrogens with one attached hydrogen (secondary N) is 2. The predicted octanol–water partition coefficient (Wildman–Crippen LogP) is 0.0424. The lowest BCUT2D eigenvalue weighted by Gasteiger charge is -2.30. The number of hydrogen-bond donors (Lipinski definition) is 2. The van der Waals surface area contributed by atoms with Crippen LogP contribution in [0.1, 0.15) is 32.1 Å². The highest BCUT2D eigenvalue weighted by atomic mass is 16.6. The standard InChI is InChI=1S/C15H17N5O6/c21-11(9-18-8-10(20(25)26)4-5-12(18)22)17-19-13(23)15(16-14(19)24)6-2-1-3-7-15/h4-5,8H,1-3,6-7,9H2,(H,16,24)(H,17,21). The number of rotatable bonds is 4. The number of carbonyl (C=O) groups excluding carboxylic acids is 3. The summed E-state index contributed by atoms with van der Waals surface area (Å²) in [5.74, 6) is -1.34. The van der Waals surface area contributed by atoms with Crippen molar-refractivity contribution in [3.63, 3.8) is 0 Å². The number of nitrogens with zero attached hydrogens (tertiary/aromatic N) is 3. The topological polar surface area (TPSA) is 144 Å². The highest BCUT2D eigenvalue weighted by Gasteiger charge is 2.52. The molecule has 0 aromatic carbocycles. The molecule has 1 saturated carbocycles. The first-order chi connectivity index (χ1) is 12.3. The molecule has 11 heteroatoms. The number of pyridine rings is 1. The van der Waals surface area contributed by atoms with E-state index in [1.54, 1.807) is 0 Å². The second-order valence-corrected chi connectivity index (χ2v) is 6.36. The van der Waals surface area contributed by atoms with Crippen molar-refractivity contribution in [3.8, 4) is 0 Å². The van der Waals surface area contributed by atoms with Gasteiger partial charge in [-0.05, 0) is 12.8 Å². The van der Waals surface area contributed by atoms with Gasteiger partial charge in [0, 0.05) is 12.1 Å². The molecule has 0 unspecified atom stereocenters. The Bertz CT molecular complexity index is 841. The van der Waals surface area contributed by atoms with Crippen LogP contribution in [-0.2, 0) is 16.1 Å². The summed E-state index contributed by atoms with van der Waals surface area (Å²) in [5.41, 5.74) is 0.224. The molecule has 1 aromatic rings. The van der Waals surface area contributed by atoms with E-state index in [1.165, 1.54) is 0 Å². The second kappa shape index (κ2) is 6.58. The van der Waals surface area contributed by atoms with Gasteiger partial charge in [-0.15, -0.1) is 0 Å². The maximum atomic E-state index is 12.6. The predicted molar refractivity (Wildman–Crippen MR) is 86.7 cm³/mol. The lowest BCUT2D eigenvalue weighted by molar-refractivity contribution is -0.385. The van der Waals surface area contributed by atoms with Crippen LogP contribution in [0.3, 0.4) is 0 Å². The third-order valence-corrected chi connectivity index (χ3v) is 4.60. The van der Waals surface area contributed by atoms with Gasteiger partial charge in [-0.1, -0.05) is 19.3 Å². The lowest BCUT2D eigenvalue weighted by Crippen LogP contribution is -2.51. The van der Waals surface area contributed by atoms with Gasteiger partial charge in [-0.3, -0.25) is 34.5 Å². The van der Waals surface area contributed by atoms with Gasteiger partial charge in [0.05, 0.1) is 11.1 Å². The fourth-order valence-electron chi connectivity index (χ4n) is 3.28. The number of amides is 4. The van der Waals surface area contributed by atoms with Gasteiger partial charge in [0.25, 0.3) is 23.1 Å². The Balaban J connectivity index is 1.71. The van der Waals surface area contributed by atoms with Crippen molar-refractivity contribution in [2.75, 3.05) is 0 Å². The molecule has 3 rings (SSSR count). The van der Waals surface area contributed by atoms with E-state index in [0.717, 1.165) is 42.2 Å². The van der Waals surface area contributed by atoms with Crippen LogP contribution in [0.25, 0.3) is 0 Å². The number of hydrogen-bond acceptors (Lipinski definition) is 6. The van der Waals surface area contributed by atoms with E-state index in [1.807, 2.05) is 0 Å². The molecule has 2 heterocycles. The van der Waals surface area contributed by atoms with Crippen LogP contribution in [0.15, 0.2) is 23.1 Å². The molecule has 1 saturated heterocycles. The number of urea groups is 1. The first-order valence-corrected chi connectivity index (χ1v) is 8.13. The van der Waals surface area contributed by atoms with E-state index in [0.29, 0.717) is 17.9 Å². The largest absolute Gasteiger partial charge is 0.344 e. The fourth-order valence-corrected chi connectivity index (χ4v) is 3.28. The molecule has 0 atom stereocenters. The van der Waals surface area contributed by atoms with E-state index in [9.17, 15) is 29.3 Å². The van der Waals surface area contributed by atoms with Crippen LogP contribution in [-0.4, -0.2) is 37.9 Å². The van der Waals surface area contributed by atoms with Crippen molar-refractivity contribution in [3.05, 3.63) is 38.8 Å². The van der Waals surface area contributed by atoms with E-state index >= 15 is 0 Å². The molecule has 0 radical (unpaired) electrons. The van der Waals surface area contributed by atoms with Gasteiger partial charge >= 0.3 is 6.03 Å². The Labute approximate surface area is 147 Å². The number of imide groups is 1. The van der Waals surface area contributed by atoms with Gasteiger partial charge in [-0.25, -0.2) is 4.79 Å². The van der Waals surface area contributed by atoms with Crippen molar-refractivity contribution < 1.29 is 19.3 Å². The third-order valence-electron chi connectivity index (χ3n) is 4.60. The monoisotopic (exact) mass is 363 g/mol. The van der Waals surface area contributed by atoms with E-state index < -0.39 is 40.4 Å². The summed E-state index contributed by atoms with van der Waals surface area (Å²) < 4.78 is 0.836. The van der Waals surface area contributed by atoms with E-state index in [4.69, 9.17) is 0 Å². The Morgan fingerprint density at radius 1 is 1.23 bits per heavy atom. The molecule has 1 spiro atoms. The SMILES string of the molecule is O=C(Cn1cc([N+](=O)[O-])ccc1=O)NN1C(=O)NC2(CCCCC2)C1=O. The molecular weight excluding hydrogens is 346 g/mol. The van der Waals surface area contributed by atoms with Gasteiger partial charge in [-0.2, -0.15) is 5.01 Å². The lowest BCUT2D eigenvalue weighted by atomic mass is 9.82.